The zero-order chi connectivity index (χ0) is 24.7. The molecule has 0 aliphatic heterocycles. The molecule has 0 amide bonds. The first-order valence-corrected chi connectivity index (χ1v) is 14.1. The molecule has 190 valence electrons. The molecule has 1 aliphatic carbocycles. The monoisotopic (exact) mass is 481 g/mol. The fraction of sp³-hybridized carbons (Fsp3) is 0.815. The Bertz CT molecular complexity index is 638. The third-order valence-electron chi connectivity index (χ3n) is 6.98. The highest BCUT2D eigenvalue weighted by atomic mass is 32.2. The Hall–Kier alpha value is -1.14. The van der Waals surface area contributed by atoms with Gasteiger partial charge in [-0.3, -0.25) is 14.5 Å². The number of rotatable bonds is 17. The summed E-state index contributed by atoms with van der Waals surface area (Å²) in [5.41, 5.74) is -1.62. The van der Waals surface area contributed by atoms with Gasteiger partial charge in [0.25, 0.3) is 0 Å². The van der Waals surface area contributed by atoms with Gasteiger partial charge >= 0.3 is 5.97 Å². The lowest BCUT2D eigenvalue weighted by Gasteiger charge is -2.49. The van der Waals surface area contributed by atoms with Crippen LogP contribution in [0.1, 0.15) is 103 Å². The van der Waals surface area contributed by atoms with Crippen LogP contribution in [0.5, 0.6) is 0 Å². The molecule has 1 aliphatic rings. The number of allylic oxidation sites excluding steroid dienone is 1. The lowest BCUT2D eigenvalue weighted by Crippen LogP contribution is -2.74. The zero-order valence-corrected chi connectivity index (χ0v) is 22.6. The molecule has 1 saturated carbocycles. The molecule has 0 spiro atoms. The van der Waals surface area contributed by atoms with Gasteiger partial charge < -0.3 is 4.74 Å². The van der Waals surface area contributed by atoms with Crippen LogP contribution in [0.4, 0.5) is 0 Å². The number of methoxy groups -OCH3 is 1. The molecule has 5 nitrogen and oxygen atoms in total. The van der Waals surface area contributed by atoms with Crippen molar-refractivity contribution in [1.29, 1.82) is 0 Å². The van der Waals surface area contributed by atoms with Crippen LogP contribution in [0.3, 0.4) is 0 Å². The average Bonchev–Trinajstić information content (AvgIpc) is 2.80. The van der Waals surface area contributed by atoms with Crippen molar-refractivity contribution in [3.63, 3.8) is 0 Å². The predicted molar refractivity (Wildman–Crippen MR) is 139 cm³/mol. The molecule has 2 atom stereocenters. The van der Waals surface area contributed by atoms with Crippen LogP contribution in [0.15, 0.2) is 12.2 Å². The highest BCUT2D eigenvalue weighted by Gasteiger charge is 2.67. The van der Waals surface area contributed by atoms with Crippen molar-refractivity contribution in [2.45, 2.75) is 114 Å². The largest absolute Gasteiger partial charge is 0.467 e. The molecule has 33 heavy (non-hydrogen) atoms. The summed E-state index contributed by atoms with van der Waals surface area (Å²) in [7, 11) is 4.64. The zero-order valence-electron chi connectivity index (χ0n) is 21.7. The number of hydrogen-bond acceptors (Lipinski definition) is 6. The highest BCUT2D eigenvalue weighted by Crippen LogP contribution is 2.46. The van der Waals surface area contributed by atoms with Gasteiger partial charge in [0.05, 0.1) is 7.11 Å². The van der Waals surface area contributed by atoms with Crippen LogP contribution in [0.2, 0.25) is 0 Å². The quantitative estimate of drug-likeness (QED) is 0.108. The fourth-order valence-corrected chi connectivity index (χ4v) is 6.31. The van der Waals surface area contributed by atoms with Crippen molar-refractivity contribution in [3.05, 3.63) is 12.2 Å². The molecule has 0 N–H and O–H groups in total. The number of esters is 1. The number of Topliss-reactive ketones (excluding diaryl/α,β-unsaturated/α-hetero) is 2. The van der Waals surface area contributed by atoms with Crippen molar-refractivity contribution < 1.29 is 19.1 Å². The van der Waals surface area contributed by atoms with Gasteiger partial charge in [-0.1, -0.05) is 89.7 Å². The van der Waals surface area contributed by atoms with E-state index >= 15 is 0 Å². The normalized spacial score (nSPS) is 23.6. The van der Waals surface area contributed by atoms with Gasteiger partial charge in [-0.2, -0.15) is 0 Å². The van der Waals surface area contributed by atoms with Gasteiger partial charge in [0, 0.05) is 12.8 Å². The van der Waals surface area contributed by atoms with E-state index in [1.165, 1.54) is 83.1 Å². The van der Waals surface area contributed by atoms with Gasteiger partial charge in [-0.15, -0.1) is 11.8 Å². The Labute approximate surface area is 206 Å². The van der Waals surface area contributed by atoms with Crippen LogP contribution in [0.25, 0.3) is 0 Å². The molecule has 0 aromatic carbocycles. The van der Waals surface area contributed by atoms with Gasteiger partial charge in [0.15, 0.2) is 11.6 Å². The average molecular weight is 482 g/mol. The molecule has 0 radical (unpaired) electrons. The summed E-state index contributed by atoms with van der Waals surface area (Å²) in [6.07, 6.45) is 22.3. The molecule has 1 rings (SSSR count). The van der Waals surface area contributed by atoms with Crippen molar-refractivity contribution in [3.8, 4) is 0 Å². The molecular formula is C27H47NO4S. The van der Waals surface area contributed by atoms with Crippen LogP contribution < -0.4 is 0 Å². The van der Waals surface area contributed by atoms with Crippen LogP contribution >= 0.6 is 11.8 Å². The summed E-state index contributed by atoms with van der Waals surface area (Å²) in [6.45, 7) is 2.26. The van der Waals surface area contributed by atoms with Crippen LogP contribution in [0, 0.1) is 0 Å². The van der Waals surface area contributed by atoms with E-state index in [-0.39, 0.29) is 24.4 Å². The van der Waals surface area contributed by atoms with E-state index in [9.17, 15) is 14.4 Å². The molecule has 0 heterocycles. The summed E-state index contributed by atoms with van der Waals surface area (Å²) in [5, 5.41) is 0. The lowest BCUT2D eigenvalue weighted by atomic mass is 9.68. The third kappa shape index (κ3) is 7.42. The molecular weight excluding hydrogens is 434 g/mol. The van der Waals surface area contributed by atoms with E-state index in [1.807, 2.05) is 12.2 Å². The first-order valence-electron chi connectivity index (χ1n) is 12.9. The van der Waals surface area contributed by atoms with E-state index in [1.54, 1.807) is 25.3 Å². The Kier molecular flexibility index (Phi) is 14.2. The summed E-state index contributed by atoms with van der Waals surface area (Å²) < 4.78 is 3.80. The van der Waals surface area contributed by atoms with Gasteiger partial charge in [0.2, 0.25) is 5.54 Å². The number of thioether (sulfide) groups is 1. The second-order valence-electron chi connectivity index (χ2n) is 9.46. The Morgan fingerprint density at radius 2 is 1.39 bits per heavy atom. The predicted octanol–water partition coefficient (Wildman–Crippen LogP) is 6.14. The first-order chi connectivity index (χ1) is 15.8. The van der Waals surface area contributed by atoms with Crippen molar-refractivity contribution >= 4 is 29.3 Å². The summed E-state index contributed by atoms with van der Waals surface area (Å²) in [4.78, 5) is 40.7. The SMILES string of the molecule is CCCCCCCCCCCCCC/C=C/C1(SC)C(=O)CCC(=O)C1(C(=O)OC)N(C)C. The molecule has 0 bridgehead atoms. The molecule has 0 aromatic rings. The maximum absolute atomic E-state index is 13.1. The maximum atomic E-state index is 13.1. The molecule has 6 heteroatoms. The number of carbonyl (C=O) groups excluding carboxylic acids is 3. The number of likely N-dealkylation sites (N-methyl/N-ethyl adjacent to an activating group) is 1. The van der Waals surface area contributed by atoms with Gasteiger partial charge in [-0.25, -0.2) is 4.79 Å². The van der Waals surface area contributed by atoms with Crippen LogP contribution in [-0.2, 0) is 19.1 Å². The minimum atomic E-state index is -1.62. The second-order valence-corrected chi connectivity index (χ2v) is 10.5. The van der Waals surface area contributed by atoms with E-state index in [4.69, 9.17) is 4.74 Å². The number of ether oxygens (including phenoxy) is 1. The third-order valence-corrected chi connectivity index (χ3v) is 8.29. The number of nitrogens with zero attached hydrogens (tertiary/aromatic N) is 1. The van der Waals surface area contributed by atoms with E-state index in [2.05, 4.69) is 6.92 Å². The second kappa shape index (κ2) is 15.7. The van der Waals surface area contributed by atoms with Crippen LogP contribution in [-0.4, -0.2) is 60.2 Å². The Morgan fingerprint density at radius 3 is 1.85 bits per heavy atom. The summed E-state index contributed by atoms with van der Waals surface area (Å²) >= 11 is 1.27. The standard InChI is InChI=1S/C27H47NO4S/c1-6-7-8-9-10-11-12-13-14-15-16-17-18-19-22-26(33-5)23(29)20-21-24(30)27(26,28(2)3)25(31)32-4/h19,22H,6-18,20-21H2,1-5H3/b22-19+. The summed E-state index contributed by atoms with van der Waals surface area (Å²) in [5.74, 6) is -0.988. The van der Waals surface area contributed by atoms with E-state index in [0.717, 1.165) is 19.3 Å². The lowest BCUT2D eigenvalue weighted by molar-refractivity contribution is -0.165. The highest BCUT2D eigenvalue weighted by molar-refractivity contribution is 8.01. The fourth-order valence-electron chi connectivity index (χ4n) is 5.08. The van der Waals surface area contributed by atoms with Gasteiger partial charge in [-0.05, 0) is 33.2 Å². The first kappa shape index (κ1) is 29.9. The maximum Gasteiger partial charge on any atom is 0.336 e. The van der Waals surface area contributed by atoms with E-state index in [0.29, 0.717) is 0 Å². The Morgan fingerprint density at radius 1 is 0.909 bits per heavy atom. The molecule has 2 unspecified atom stereocenters. The van der Waals surface area contributed by atoms with Crippen molar-refractivity contribution in [1.82, 2.24) is 4.90 Å². The number of ketones is 2. The minimum Gasteiger partial charge on any atom is -0.467 e. The van der Waals surface area contributed by atoms with Gasteiger partial charge in [0.1, 0.15) is 4.75 Å². The van der Waals surface area contributed by atoms with Crippen molar-refractivity contribution in [2.24, 2.45) is 0 Å². The Balaban J connectivity index is 2.56. The molecule has 0 saturated heterocycles. The minimum absolute atomic E-state index is 0.0704. The molecule has 0 aromatic heterocycles. The topological polar surface area (TPSA) is 63.7 Å². The summed E-state index contributed by atoms with van der Waals surface area (Å²) in [6, 6.07) is 0. The van der Waals surface area contributed by atoms with E-state index < -0.39 is 16.3 Å². The number of unbranched alkanes of at least 4 members (excludes halogenated alkanes) is 12. The smallest absolute Gasteiger partial charge is 0.336 e. The number of hydrogen-bond donors (Lipinski definition) is 0. The molecule has 1 fully saturated rings. The number of carbonyl (C=O) groups is 3. The van der Waals surface area contributed by atoms with Crippen molar-refractivity contribution in [2.75, 3.05) is 27.5 Å².